The molecule has 0 N–H and O–H groups in total. The molecule has 0 amide bonds. The first-order valence-electron chi connectivity index (χ1n) is 7.24. The van der Waals surface area contributed by atoms with Gasteiger partial charge < -0.3 is 4.74 Å². The van der Waals surface area contributed by atoms with Crippen LogP contribution in [-0.4, -0.2) is 29.5 Å². The van der Waals surface area contributed by atoms with Crippen molar-refractivity contribution in [1.82, 2.24) is 4.90 Å². The Bertz CT molecular complexity index is 488. The number of hydrogen-bond acceptors (Lipinski definition) is 4. The number of benzene rings is 1. The molecule has 0 aromatic heterocycles. The van der Waals surface area contributed by atoms with Crippen LogP contribution >= 0.6 is 0 Å². The largest absolute Gasteiger partial charge is 0.358 e. The molecule has 1 saturated carbocycles. The molecule has 5 heteroatoms. The van der Waals surface area contributed by atoms with Crippen LogP contribution in [0.5, 0.6) is 0 Å². The summed E-state index contributed by atoms with van der Waals surface area (Å²) in [6, 6.07) is 7.31. The molecule has 1 heterocycles. The van der Waals surface area contributed by atoms with Gasteiger partial charge in [-0.3, -0.25) is 15.0 Å². The Morgan fingerprint density at radius 3 is 2.65 bits per heavy atom. The molecule has 1 aliphatic carbocycles. The maximum atomic E-state index is 10.7. The summed E-state index contributed by atoms with van der Waals surface area (Å²) in [4.78, 5) is 12.6. The average Bonchev–Trinajstić information content (AvgIpc) is 2.48. The van der Waals surface area contributed by atoms with Gasteiger partial charge in [0.1, 0.15) is 6.23 Å². The predicted octanol–water partition coefficient (Wildman–Crippen LogP) is 3.11. The minimum absolute atomic E-state index is 0.0739. The Balaban J connectivity index is 1.78. The summed E-state index contributed by atoms with van der Waals surface area (Å²) in [5.41, 5.74) is 1.13. The van der Waals surface area contributed by atoms with Crippen molar-refractivity contribution in [1.29, 1.82) is 0 Å². The Kier molecular flexibility index (Phi) is 3.72. The summed E-state index contributed by atoms with van der Waals surface area (Å²) < 4.78 is 6.00. The molecule has 1 aromatic carbocycles. The maximum Gasteiger partial charge on any atom is 0.269 e. The zero-order valence-electron chi connectivity index (χ0n) is 11.7. The number of nitro benzene ring substituents is 1. The van der Waals surface area contributed by atoms with Crippen molar-refractivity contribution in [2.75, 3.05) is 13.7 Å². The molecule has 2 fully saturated rings. The summed E-state index contributed by atoms with van der Waals surface area (Å²) in [5, 5.41) is 10.7. The van der Waals surface area contributed by atoms with E-state index in [-0.39, 0.29) is 16.8 Å². The van der Waals surface area contributed by atoms with E-state index in [0.29, 0.717) is 12.0 Å². The highest BCUT2D eigenvalue weighted by Crippen LogP contribution is 2.38. The summed E-state index contributed by atoms with van der Waals surface area (Å²) in [6.45, 7) is 0.802. The van der Waals surface area contributed by atoms with Gasteiger partial charge >= 0.3 is 0 Å². The molecule has 2 aliphatic rings. The third-order valence-corrected chi connectivity index (χ3v) is 4.62. The van der Waals surface area contributed by atoms with Gasteiger partial charge in [-0.05, 0) is 43.5 Å². The first-order valence-corrected chi connectivity index (χ1v) is 7.24. The van der Waals surface area contributed by atoms with Crippen molar-refractivity contribution in [3.8, 4) is 0 Å². The molecule has 1 saturated heterocycles. The number of nitro groups is 1. The molecule has 1 aromatic rings. The number of hydrogen-bond donors (Lipinski definition) is 0. The Morgan fingerprint density at radius 2 is 1.95 bits per heavy atom. The van der Waals surface area contributed by atoms with E-state index in [9.17, 15) is 10.1 Å². The van der Waals surface area contributed by atoms with Crippen LogP contribution in [0.25, 0.3) is 0 Å². The number of nitrogens with zero attached hydrogens (tertiary/aromatic N) is 2. The third kappa shape index (κ3) is 2.43. The molecule has 0 bridgehead atoms. The fourth-order valence-electron chi connectivity index (χ4n) is 3.52. The predicted molar refractivity (Wildman–Crippen MR) is 75.3 cm³/mol. The lowest BCUT2D eigenvalue weighted by molar-refractivity contribution is -0.384. The van der Waals surface area contributed by atoms with Gasteiger partial charge in [-0.1, -0.05) is 12.8 Å². The van der Waals surface area contributed by atoms with Gasteiger partial charge in [0.25, 0.3) is 5.69 Å². The standard InChI is InChI=1S/C15H20N2O3/c1-16-14-5-3-2-4-12(14)10-20-15(16)11-6-8-13(9-7-11)17(18)19/h6-9,12,14-15H,2-5,10H2,1H3/t12-,14-,15+/m1/s1. The van der Waals surface area contributed by atoms with Gasteiger partial charge in [-0.25, -0.2) is 0 Å². The van der Waals surface area contributed by atoms with Gasteiger partial charge in [0.15, 0.2) is 0 Å². The zero-order chi connectivity index (χ0) is 14.1. The summed E-state index contributed by atoms with van der Waals surface area (Å²) in [5.74, 6) is 0.642. The molecule has 108 valence electrons. The quantitative estimate of drug-likeness (QED) is 0.615. The van der Waals surface area contributed by atoms with Crippen LogP contribution in [0.15, 0.2) is 24.3 Å². The molecule has 20 heavy (non-hydrogen) atoms. The van der Waals surface area contributed by atoms with Gasteiger partial charge in [0, 0.05) is 18.2 Å². The van der Waals surface area contributed by atoms with Crippen LogP contribution in [0.3, 0.4) is 0 Å². The van der Waals surface area contributed by atoms with Crippen LogP contribution in [0.1, 0.15) is 37.5 Å². The van der Waals surface area contributed by atoms with Crippen LogP contribution in [0.2, 0.25) is 0 Å². The molecule has 3 atom stereocenters. The lowest BCUT2D eigenvalue weighted by Gasteiger charge is -2.46. The Labute approximate surface area is 118 Å². The molecule has 5 nitrogen and oxygen atoms in total. The SMILES string of the molecule is CN1[C@@H]2CCCC[C@@H]2CO[C@H]1c1ccc([N+](=O)[O-])cc1. The van der Waals surface area contributed by atoms with E-state index in [0.717, 1.165) is 12.2 Å². The van der Waals surface area contributed by atoms with E-state index >= 15 is 0 Å². The number of rotatable bonds is 2. The first kappa shape index (κ1) is 13.5. The normalized spacial score (nSPS) is 30.8. The number of fused-ring (bicyclic) bond motifs is 1. The van der Waals surface area contributed by atoms with Crippen LogP contribution in [-0.2, 0) is 4.74 Å². The molecule has 0 unspecified atom stereocenters. The molecular formula is C15H20N2O3. The van der Waals surface area contributed by atoms with E-state index in [1.807, 2.05) is 12.1 Å². The second kappa shape index (κ2) is 5.50. The van der Waals surface area contributed by atoms with Crippen molar-refractivity contribution < 1.29 is 9.66 Å². The molecule has 0 spiro atoms. The van der Waals surface area contributed by atoms with Crippen LogP contribution in [0, 0.1) is 16.0 Å². The van der Waals surface area contributed by atoms with Crippen molar-refractivity contribution in [3.63, 3.8) is 0 Å². The minimum Gasteiger partial charge on any atom is -0.358 e. The Hall–Kier alpha value is -1.46. The third-order valence-electron chi connectivity index (χ3n) is 4.62. The highest BCUT2D eigenvalue weighted by atomic mass is 16.6. The molecule has 0 radical (unpaired) electrons. The van der Waals surface area contributed by atoms with Crippen molar-refractivity contribution in [2.24, 2.45) is 5.92 Å². The summed E-state index contributed by atoms with van der Waals surface area (Å²) in [6.07, 6.45) is 5.00. The van der Waals surface area contributed by atoms with Crippen LogP contribution in [0.4, 0.5) is 5.69 Å². The minimum atomic E-state index is -0.369. The van der Waals surface area contributed by atoms with E-state index in [1.54, 1.807) is 12.1 Å². The van der Waals surface area contributed by atoms with Gasteiger partial charge in [0.2, 0.25) is 0 Å². The second-order valence-electron chi connectivity index (χ2n) is 5.81. The highest BCUT2D eigenvalue weighted by Gasteiger charge is 2.37. The topological polar surface area (TPSA) is 55.6 Å². The van der Waals surface area contributed by atoms with Gasteiger partial charge in [-0.2, -0.15) is 0 Å². The van der Waals surface area contributed by atoms with Crippen molar-refractivity contribution in [3.05, 3.63) is 39.9 Å². The van der Waals surface area contributed by atoms with E-state index in [1.165, 1.54) is 25.7 Å². The monoisotopic (exact) mass is 276 g/mol. The average molecular weight is 276 g/mol. The number of non-ortho nitro benzene ring substituents is 1. The molecule has 3 rings (SSSR count). The van der Waals surface area contributed by atoms with E-state index < -0.39 is 0 Å². The molecule has 1 aliphatic heterocycles. The summed E-state index contributed by atoms with van der Waals surface area (Å²) >= 11 is 0. The molecular weight excluding hydrogens is 256 g/mol. The fraction of sp³-hybridized carbons (Fsp3) is 0.600. The zero-order valence-corrected chi connectivity index (χ0v) is 11.7. The first-order chi connectivity index (χ1) is 9.66. The van der Waals surface area contributed by atoms with E-state index in [2.05, 4.69) is 11.9 Å². The van der Waals surface area contributed by atoms with E-state index in [4.69, 9.17) is 4.74 Å². The van der Waals surface area contributed by atoms with Gasteiger partial charge in [-0.15, -0.1) is 0 Å². The second-order valence-corrected chi connectivity index (χ2v) is 5.81. The Morgan fingerprint density at radius 1 is 1.25 bits per heavy atom. The van der Waals surface area contributed by atoms with Gasteiger partial charge in [0.05, 0.1) is 11.5 Å². The van der Waals surface area contributed by atoms with Crippen LogP contribution < -0.4 is 0 Å². The lowest BCUT2D eigenvalue weighted by Crippen LogP contribution is -2.49. The van der Waals surface area contributed by atoms with Crippen molar-refractivity contribution >= 4 is 5.69 Å². The fourth-order valence-corrected chi connectivity index (χ4v) is 3.52. The maximum absolute atomic E-state index is 10.7. The van der Waals surface area contributed by atoms with Crippen molar-refractivity contribution in [2.45, 2.75) is 38.0 Å². The number of ether oxygens (including phenoxy) is 1. The smallest absolute Gasteiger partial charge is 0.269 e. The summed E-state index contributed by atoms with van der Waals surface area (Å²) in [7, 11) is 2.11. The lowest BCUT2D eigenvalue weighted by atomic mass is 9.83. The highest BCUT2D eigenvalue weighted by molar-refractivity contribution is 5.33.